The maximum atomic E-state index is 5.23. The van der Waals surface area contributed by atoms with Crippen LogP contribution in [-0.4, -0.2) is 6.54 Å². The van der Waals surface area contributed by atoms with Crippen LogP contribution in [0.3, 0.4) is 0 Å². The van der Waals surface area contributed by atoms with E-state index in [2.05, 4.69) is 11.6 Å². The molecule has 0 heterocycles. The largest absolute Gasteiger partial charge is 0.267 e. The van der Waals surface area contributed by atoms with E-state index in [1.54, 1.807) is 0 Å². The lowest BCUT2D eigenvalue weighted by molar-refractivity contribution is 0.606. The summed E-state index contributed by atoms with van der Waals surface area (Å²) in [6, 6.07) is 0. The van der Waals surface area contributed by atoms with Gasteiger partial charge in [-0.05, 0) is 6.42 Å². The zero-order valence-corrected chi connectivity index (χ0v) is 9.48. The molecule has 0 fully saturated rings. The van der Waals surface area contributed by atoms with Gasteiger partial charge in [0.1, 0.15) is 0 Å². The summed E-state index contributed by atoms with van der Waals surface area (Å²) in [5.41, 5.74) is 0. The monoisotopic (exact) mass is 208 g/mol. The number of rotatable bonds is 9. The summed E-state index contributed by atoms with van der Waals surface area (Å²) < 4.78 is 3.18. The van der Waals surface area contributed by atoms with Crippen LogP contribution in [0.2, 0.25) is 0 Å². The molecule has 12 heavy (non-hydrogen) atoms. The maximum Gasteiger partial charge on any atom is 0.00668 e. The molecule has 2 nitrogen and oxygen atoms in total. The summed E-state index contributed by atoms with van der Waals surface area (Å²) in [6.07, 6.45) is 8.13. The molecule has 0 aromatic heterocycles. The van der Waals surface area contributed by atoms with Crippen molar-refractivity contribution >= 4 is 22.0 Å². The molecule has 0 aliphatic carbocycles. The number of nitrogens with two attached hydrogens (primary N) is 1. The van der Waals surface area contributed by atoms with Crippen molar-refractivity contribution in [1.29, 1.82) is 0 Å². The van der Waals surface area contributed by atoms with E-state index in [1.165, 1.54) is 60.5 Å². The van der Waals surface area contributed by atoms with E-state index in [0.29, 0.717) is 0 Å². The van der Waals surface area contributed by atoms with Crippen LogP contribution in [0.4, 0.5) is 0 Å². The standard InChI is InChI=1S/C8H20N2S2/c1-2-3-4-5-6-7-8-10-12-11-9/h10H,2-9H2,1H3. The Morgan fingerprint density at radius 3 is 2.42 bits per heavy atom. The first-order chi connectivity index (χ1) is 5.91. The zero-order valence-electron chi connectivity index (χ0n) is 7.84. The van der Waals surface area contributed by atoms with Gasteiger partial charge in [-0.3, -0.25) is 9.86 Å². The van der Waals surface area contributed by atoms with Crippen LogP contribution >= 0.6 is 22.0 Å². The van der Waals surface area contributed by atoms with Gasteiger partial charge in [0, 0.05) is 28.5 Å². The number of hydrogen-bond acceptors (Lipinski definition) is 4. The second-order valence-electron chi connectivity index (χ2n) is 2.84. The Labute approximate surface area is 84.1 Å². The predicted molar refractivity (Wildman–Crippen MR) is 60.7 cm³/mol. The van der Waals surface area contributed by atoms with Crippen LogP contribution in [-0.2, 0) is 0 Å². The Hall–Kier alpha value is 0.620. The minimum Gasteiger partial charge on any atom is -0.267 e. The van der Waals surface area contributed by atoms with Crippen LogP contribution in [0, 0.1) is 0 Å². The molecule has 0 saturated carbocycles. The third-order valence-corrected chi connectivity index (χ3v) is 2.80. The molecule has 0 atom stereocenters. The van der Waals surface area contributed by atoms with Gasteiger partial charge in [0.25, 0.3) is 0 Å². The molecule has 3 N–H and O–H groups in total. The van der Waals surface area contributed by atoms with Gasteiger partial charge in [-0.25, -0.2) is 0 Å². The molecule has 0 bridgehead atoms. The van der Waals surface area contributed by atoms with Gasteiger partial charge in [-0.15, -0.1) is 0 Å². The summed E-state index contributed by atoms with van der Waals surface area (Å²) in [6.45, 7) is 3.33. The van der Waals surface area contributed by atoms with Crippen molar-refractivity contribution in [1.82, 2.24) is 4.72 Å². The third kappa shape index (κ3) is 10.6. The SMILES string of the molecule is CCCCCCCCNSSN. The Bertz CT molecular complexity index is 71.5. The van der Waals surface area contributed by atoms with Crippen molar-refractivity contribution < 1.29 is 0 Å². The summed E-state index contributed by atoms with van der Waals surface area (Å²) in [7, 11) is 2.80. The fraction of sp³-hybridized carbons (Fsp3) is 1.00. The van der Waals surface area contributed by atoms with Gasteiger partial charge in [0.15, 0.2) is 0 Å². The van der Waals surface area contributed by atoms with Crippen molar-refractivity contribution in [2.45, 2.75) is 45.4 Å². The minimum absolute atomic E-state index is 1.08. The fourth-order valence-corrected chi connectivity index (χ4v) is 1.80. The van der Waals surface area contributed by atoms with Crippen LogP contribution < -0.4 is 9.86 Å². The summed E-state index contributed by atoms with van der Waals surface area (Å²) in [5.74, 6) is 0. The molecule has 0 aromatic carbocycles. The quantitative estimate of drug-likeness (QED) is 0.347. The predicted octanol–water partition coefficient (Wildman–Crippen LogP) is 3.11. The van der Waals surface area contributed by atoms with Crippen LogP contribution in [0.15, 0.2) is 0 Å². The van der Waals surface area contributed by atoms with Gasteiger partial charge in [-0.1, -0.05) is 39.0 Å². The van der Waals surface area contributed by atoms with Gasteiger partial charge in [0.2, 0.25) is 0 Å². The molecule has 0 spiro atoms. The number of unbranched alkanes of at least 4 members (excludes halogenated alkanes) is 5. The smallest absolute Gasteiger partial charge is 0.00668 e. The molecule has 0 aromatic rings. The Morgan fingerprint density at radius 2 is 1.75 bits per heavy atom. The first-order valence-electron chi connectivity index (χ1n) is 4.67. The molecule has 0 rings (SSSR count). The minimum atomic E-state index is 1.08. The van der Waals surface area contributed by atoms with Gasteiger partial charge < -0.3 is 0 Å². The molecule has 0 unspecified atom stereocenters. The summed E-state index contributed by atoms with van der Waals surface area (Å²) in [5, 5.41) is 5.23. The molecule has 0 aliphatic rings. The van der Waals surface area contributed by atoms with E-state index in [1.807, 2.05) is 0 Å². The average molecular weight is 208 g/mol. The molecule has 74 valence electrons. The lowest BCUT2D eigenvalue weighted by Gasteiger charge is -2.00. The van der Waals surface area contributed by atoms with Crippen molar-refractivity contribution in [2.24, 2.45) is 5.14 Å². The normalized spacial score (nSPS) is 10.5. The van der Waals surface area contributed by atoms with Crippen molar-refractivity contribution in [3.8, 4) is 0 Å². The van der Waals surface area contributed by atoms with Gasteiger partial charge in [0.05, 0.1) is 0 Å². The fourth-order valence-electron chi connectivity index (χ4n) is 1.05. The number of hydrogen-bond donors (Lipinski definition) is 2. The third-order valence-electron chi connectivity index (χ3n) is 1.74. The molecule has 0 aliphatic heterocycles. The Balaban J connectivity index is 2.73. The van der Waals surface area contributed by atoms with E-state index < -0.39 is 0 Å². The Morgan fingerprint density at radius 1 is 1.08 bits per heavy atom. The van der Waals surface area contributed by atoms with Gasteiger partial charge in [-0.2, -0.15) is 0 Å². The molecule has 4 heteroatoms. The first kappa shape index (κ1) is 12.6. The lowest BCUT2D eigenvalue weighted by atomic mass is 10.1. The molecular weight excluding hydrogens is 188 g/mol. The highest BCUT2D eigenvalue weighted by Gasteiger charge is 1.89. The maximum absolute atomic E-state index is 5.23. The second-order valence-corrected chi connectivity index (χ2v) is 4.57. The summed E-state index contributed by atoms with van der Waals surface area (Å²) in [4.78, 5) is 0. The highest BCUT2D eigenvalue weighted by molar-refractivity contribution is 8.75. The first-order valence-corrected chi connectivity index (χ1v) is 6.88. The highest BCUT2D eigenvalue weighted by Crippen LogP contribution is 2.08. The lowest BCUT2D eigenvalue weighted by Crippen LogP contribution is -2.04. The summed E-state index contributed by atoms with van der Waals surface area (Å²) >= 11 is 0. The molecule has 0 amide bonds. The van der Waals surface area contributed by atoms with Crippen molar-refractivity contribution in [2.75, 3.05) is 6.54 Å². The zero-order chi connectivity index (χ0) is 9.07. The Kier molecular flexibility index (Phi) is 12.2. The highest BCUT2D eigenvalue weighted by atomic mass is 33.1. The van der Waals surface area contributed by atoms with Crippen LogP contribution in [0.25, 0.3) is 0 Å². The van der Waals surface area contributed by atoms with Gasteiger partial charge >= 0.3 is 0 Å². The topological polar surface area (TPSA) is 38.0 Å². The van der Waals surface area contributed by atoms with E-state index in [4.69, 9.17) is 5.14 Å². The van der Waals surface area contributed by atoms with E-state index in [9.17, 15) is 0 Å². The molecular formula is C8H20N2S2. The van der Waals surface area contributed by atoms with Crippen LogP contribution in [0.1, 0.15) is 45.4 Å². The molecule has 0 radical (unpaired) electrons. The van der Waals surface area contributed by atoms with E-state index in [0.717, 1.165) is 6.54 Å². The van der Waals surface area contributed by atoms with E-state index >= 15 is 0 Å². The van der Waals surface area contributed by atoms with Crippen molar-refractivity contribution in [3.05, 3.63) is 0 Å². The number of nitrogens with one attached hydrogen (secondary N) is 1. The second kappa shape index (κ2) is 11.6. The van der Waals surface area contributed by atoms with Crippen LogP contribution in [0.5, 0.6) is 0 Å². The molecule has 0 saturated heterocycles. The average Bonchev–Trinajstić information content (AvgIpc) is 2.10. The van der Waals surface area contributed by atoms with Crippen molar-refractivity contribution in [3.63, 3.8) is 0 Å². The van der Waals surface area contributed by atoms with E-state index in [-0.39, 0.29) is 0 Å².